The molecule has 0 fully saturated rings. The molecule has 2 heteroatoms. The number of nitrogens with zero attached hydrogens (tertiary/aromatic N) is 1. The molecule has 0 spiro atoms. The standard InChI is InChI=1S/C21H26N2/c1-15-9-8-11-19(16(15)2)17(3)23-13-18-10-6-7-12-20(18)21(4,5)14-22/h6-12,17,23H,13H2,1-5H3/t17-/m0/s1. The van der Waals surface area contributed by atoms with E-state index < -0.39 is 5.41 Å². The van der Waals surface area contributed by atoms with Gasteiger partial charge < -0.3 is 5.32 Å². The second kappa shape index (κ2) is 6.98. The van der Waals surface area contributed by atoms with Crippen molar-refractivity contribution >= 4 is 0 Å². The molecule has 0 radical (unpaired) electrons. The van der Waals surface area contributed by atoms with Crippen molar-refractivity contribution in [3.05, 3.63) is 70.3 Å². The third kappa shape index (κ3) is 3.81. The molecule has 0 bridgehead atoms. The van der Waals surface area contributed by atoms with Crippen LogP contribution in [0.1, 0.15) is 54.6 Å². The molecule has 0 aliphatic rings. The van der Waals surface area contributed by atoms with E-state index in [9.17, 15) is 5.26 Å². The van der Waals surface area contributed by atoms with E-state index in [1.54, 1.807) is 0 Å². The van der Waals surface area contributed by atoms with Crippen molar-refractivity contribution in [2.75, 3.05) is 0 Å². The summed E-state index contributed by atoms with van der Waals surface area (Å²) in [4.78, 5) is 0. The molecule has 0 saturated heterocycles. The summed E-state index contributed by atoms with van der Waals surface area (Å²) in [5, 5.41) is 13.0. The molecule has 120 valence electrons. The Morgan fingerprint density at radius 2 is 1.78 bits per heavy atom. The molecular weight excluding hydrogens is 280 g/mol. The topological polar surface area (TPSA) is 35.8 Å². The van der Waals surface area contributed by atoms with Crippen LogP contribution in [0, 0.1) is 25.2 Å². The fourth-order valence-electron chi connectivity index (χ4n) is 2.96. The van der Waals surface area contributed by atoms with Crippen molar-refractivity contribution in [1.82, 2.24) is 5.32 Å². The molecule has 23 heavy (non-hydrogen) atoms. The van der Waals surface area contributed by atoms with Crippen LogP contribution in [-0.2, 0) is 12.0 Å². The number of hydrogen-bond donors (Lipinski definition) is 1. The van der Waals surface area contributed by atoms with Crippen LogP contribution < -0.4 is 5.32 Å². The fraction of sp³-hybridized carbons (Fsp3) is 0.381. The van der Waals surface area contributed by atoms with Gasteiger partial charge >= 0.3 is 0 Å². The Morgan fingerprint density at radius 3 is 2.48 bits per heavy atom. The lowest BCUT2D eigenvalue weighted by Gasteiger charge is -2.23. The molecule has 0 amide bonds. The van der Waals surface area contributed by atoms with Gasteiger partial charge in [-0.1, -0.05) is 42.5 Å². The summed E-state index contributed by atoms with van der Waals surface area (Å²) in [6.45, 7) is 11.2. The minimum absolute atomic E-state index is 0.271. The number of nitriles is 1. The summed E-state index contributed by atoms with van der Waals surface area (Å²) in [5.41, 5.74) is 5.82. The molecule has 0 heterocycles. The summed E-state index contributed by atoms with van der Waals surface area (Å²) >= 11 is 0. The largest absolute Gasteiger partial charge is 0.306 e. The highest BCUT2D eigenvalue weighted by molar-refractivity contribution is 5.38. The van der Waals surface area contributed by atoms with E-state index in [0.29, 0.717) is 0 Å². The molecule has 0 saturated carbocycles. The van der Waals surface area contributed by atoms with Crippen LogP contribution in [0.3, 0.4) is 0 Å². The summed E-state index contributed by atoms with van der Waals surface area (Å²) < 4.78 is 0. The first-order valence-electron chi connectivity index (χ1n) is 8.16. The van der Waals surface area contributed by atoms with E-state index >= 15 is 0 Å². The van der Waals surface area contributed by atoms with Crippen molar-refractivity contribution in [3.63, 3.8) is 0 Å². The van der Waals surface area contributed by atoms with Gasteiger partial charge in [-0.05, 0) is 62.4 Å². The molecule has 2 nitrogen and oxygen atoms in total. The van der Waals surface area contributed by atoms with Crippen LogP contribution in [0.5, 0.6) is 0 Å². The van der Waals surface area contributed by atoms with E-state index in [1.165, 1.54) is 22.3 Å². The average molecular weight is 306 g/mol. The predicted molar refractivity (Wildman–Crippen MR) is 96.3 cm³/mol. The van der Waals surface area contributed by atoms with Gasteiger partial charge in [-0.25, -0.2) is 0 Å². The Balaban J connectivity index is 2.19. The van der Waals surface area contributed by atoms with Crippen molar-refractivity contribution < 1.29 is 0 Å². The number of rotatable bonds is 5. The number of nitrogens with one attached hydrogen (secondary N) is 1. The van der Waals surface area contributed by atoms with Gasteiger partial charge in [0, 0.05) is 12.6 Å². The van der Waals surface area contributed by atoms with Gasteiger partial charge in [0.25, 0.3) is 0 Å². The highest BCUT2D eigenvalue weighted by Gasteiger charge is 2.22. The van der Waals surface area contributed by atoms with Gasteiger partial charge in [-0.15, -0.1) is 0 Å². The minimum Gasteiger partial charge on any atom is -0.306 e. The highest BCUT2D eigenvalue weighted by Crippen LogP contribution is 2.26. The van der Waals surface area contributed by atoms with Crippen molar-refractivity contribution in [2.45, 2.75) is 52.6 Å². The van der Waals surface area contributed by atoms with E-state index in [1.807, 2.05) is 26.0 Å². The molecule has 0 aliphatic heterocycles. The summed E-state index contributed by atoms with van der Waals surface area (Å²) in [7, 11) is 0. The monoisotopic (exact) mass is 306 g/mol. The number of aryl methyl sites for hydroxylation is 1. The number of benzene rings is 2. The van der Waals surface area contributed by atoms with E-state index in [-0.39, 0.29) is 6.04 Å². The Morgan fingerprint density at radius 1 is 1.09 bits per heavy atom. The molecule has 2 aromatic rings. The first-order chi connectivity index (χ1) is 10.9. The first kappa shape index (κ1) is 17.2. The Bertz CT molecular complexity index is 723. The summed E-state index contributed by atoms with van der Waals surface area (Å²) in [5.74, 6) is 0. The van der Waals surface area contributed by atoms with Gasteiger partial charge in [0.05, 0.1) is 11.5 Å². The average Bonchev–Trinajstić information content (AvgIpc) is 2.55. The minimum atomic E-state index is -0.471. The lowest BCUT2D eigenvalue weighted by molar-refractivity contribution is 0.562. The zero-order valence-electron chi connectivity index (χ0n) is 14.8. The molecule has 2 aromatic carbocycles. The molecule has 1 atom stereocenters. The van der Waals surface area contributed by atoms with Crippen molar-refractivity contribution in [1.29, 1.82) is 5.26 Å². The van der Waals surface area contributed by atoms with Gasteiger partial charge in [-0.2, -0.15) is 5.26 Å². The summed E-state index contributed by atoms with van der Waals surface area (Å²) in [6.07, 6.45) is 0. The van der Waals surface area contributed by atoms with Gasteiger partial charge in [0.15, 0.2) is 0 Å². The molecule has 0 aliphatic carbocycles. The van der Waals surface area contributed by atoms with Crippen LogP contribution >= 0.6 is 0 Å². The smallest absolute Gasteiger partial charge is 0.0769 e. The Labute approximate surface area is 140 Å². The van der Waals surface area contributed by atoms with Crippen LogP contribution in [0.25, 0.3) is 0 Å². The van der Waals surface area contributed by atoms with Crippen molar-refractivity contribution in [2.24, 2.45) is 0 Å². The normalized spacial score (nSPS) is 12.7. The van der Waals surface area contributed by atoms with Crippen molar-refractivity contribution in [3.8, 4) is 6.07 Å². The fourth-order valence-corrected chi connectivity index (χ4v) is 2.96. The van der Waals surface area contributed by atoms with E-state index in [4.69, 9.17) is 0 Å². The SMILES string of the molecule is Cc1cccc([C@H](C)NCc2ccccc2C(C)(C)C#N)c1C. The molecule has 0 unspecified atom stereocenters. The molecule has 1 N–H and O–H groups in total. The Hall–Kier alpha value is -2.11. The maximum absolute atomic E-state index is 9.42. The zero-order valence-corrected chi connectivity index (χ0v) is 14.8. The lowest BCUT2D eigenvalue weighted by atomic mass is 9.83. The van der Waals surface area contributed by atoms with E-state index in [2.05, 4.69) is 62.5 Å². The maximum atomic E-state index is 9.42. The van der Waals surface area contributed by atoms with Crippen LogP contribution in [0.2, 0.25) is 0 Å². The highest BCUT2D eigenvalue weighted by atomic mass is 14.9. The van der Waals surface area contributed by atoms with Crippen LogP contribution in [-0.4, -0.2) is 0 Å². The third-order valence-corrected chi connectivity index (χ3v) is 4.68. The maximum Gasteiger partial charge on any atom is 0.0769 e. The van der Waals surface area contributed by atoms with Crippen LogP contribution in [0.15, 0.2) is 42.5 Å². The zero-order chi connectivity index (χ0) is 17.0. The molecule has 2 rings (SSSR count). The number of hydrogen-bond acceptors (Lipinski definition) is 2. The Kier molecular flexibility index (Phi) is 5.23. The van der Waals surface area contributed by atoms with E-state index in [0.717, 1.165) is 12.1 Å². The van der Waals surface area contributed by atoms with Gasteiger partial charge in [0.2, 0.25) is 0 Å². The predicted octanol–water partition coefficient (Wildman–Crippen LogP) is 4.96. The quantitative estimate of drug-likeness (QED) is 0.848. The summed E-state index contributed by atoms with van der Waals surface area (Å²) in [6, 6.07) is 17.3. The molecule has 0 aromatic heterocycles. The van der Waals surface area contributed by atoms with Crippen LogP contribution in [0.4, 0.5) is 0 Å². The second-order valence-electron chi connectivity index (χ2n) is 6.79. The molecular formula is C21H26N2. The van der Waals surface area contributed by atoms with Gasteiger partial charge in [0.1, 0.15) is 0 Å². The first-order valence-corrected chi connectivity index (χ1v) is 8.16. The third-order valence-electron chi connectivity index (χ3n) is 4.68. The van der Waals surface area contributed by atoms with Gasteiger partial charge in [-0.3, -0.25) is 0 Å². The second-order valence-corrected chi connectivity index (χ2v) is 6.79. The lowest BCUT2D eigenvalue weighted by Crippen LogP contribution is -2.23.